The van der Waals surface area contributed by atoms with Crippen molar-refractivity contribution < 1.29 is 32.2 Å². The van der Waals surface area contributed by atoms with Gasteiger partial charge in [-0.1, -0.05) is 31.6 Å². The van der Waals surface area contributed by atoms with E-state index in [2.05, 4.69) is 13.8 Å². The van der Waals surface area contributed by atoms with Gasteiger partial charge in [0.05, 0.1) is 18.8 Å². The molecule has 1 saturated carbocycles. The SMILES string of the molecule is CC1=CC(=O)C[C@H]2[C@](C)(CCC3=CCOC3=O)[C@H](COCc3ccc(C(F)(F)F)cc3)CC[C@]12C. The fraction of sp³-hybridized carbons (Fsp3) is 0.571. The van der Waals surface area contributed by atoms with Crippen molar-refractivity contribution in [1.82, 2.24) is 0 Å². The predicted molar refractivity (Wildman–Crippen MR) is 125 cm³/mol. The van der Waals surface area contributed by atoms with Crippen molar-refractivity contribution in [3.8, 4) is 0 Å². The van der Waals surface area contributed by atoms with Crippen molar-refractivity contribution in [1.29, 1.82) is 0 Å². The van der Waals surface area contributed by atoms with Gasteiger partial charge in [-0.05, 0) is 85.1 Å². The Balaban J connectivity index is 1.50. The number of ketones is 1. The van der Waals surface area contributed by atoms with Gasteiger partial charge in [0.2, 0.25) is 0 Å². The summed E-state index contributed by atoms with van der Waals surface area (Å²) >= 11 is 0. The first-order valence-electron chi connectivity index (χ1n) is 12.2. The minimum Gasteiger partial charge on any atom is -0.458 e. The number of hydrogen-bond acceptors (Lipinski definition) is 4. The average Bonchev–Trinajstić information content (AvgIpc) is 3.21. The number of hydrogen-bond donors (Lipinski definition) is 0. The molecule has 0 spiro atoms. The van der Waals surface area contributed by atoms with Crippen molar-refractivity contribution in [2.45, 2.75) is 65.7 Å². The summed E-state index contributed by atoms with van der Waals surface area (Å²) < 4.78 is 49.6. The number of esters is 1. The molecule has 0 radical (unpaired) electrons. The highest BCUT2D eigenvalue weighted by Crippen LogP contribution is 2.61. The van der Waals surface area contributed by atoms with E-state index in [1.54, 1.807) is 6.08 Å². The Morgan fingerprint density at radius 1 is 1.14 bits per heavy atom. The van der Waals surface area contributed by atoms with Crippen LogP contribution in [0.2, 0.25) is 0 Å². The van der Waals surface area contributed by atoms with Crippen LogP contribution in [0.25, 0.3) is 0 Å². The largest absolute Gasteiger partial charge is 0.458 e. The first-order chi connectivity index (χ1) is 16.4. The molecule has 190 valence electrons. The number of cyclic esters (lactones) is 1. The van der Waals surface area contributed by atoms with E-state index in [4.69, 9.17) is 9.47 Å². The molecule has 2 aliphatic carbocycles. The number of ether oxygens (including phenoxy) is 2. The second-order valence-corrected chi connectivity index (χ2v) is 10.7. The molecule has 35 heavy (non-hydrogen) atoms. The fourth-order valence-corrected chi connectivity index (χ4v) is 6.35. The summed E-state index contributed by atoms with van der Waals surface area (Å²) in [7, 11) is 0. The lowest BCUT2D eigenvalue weighted by Crippen LogP contribution is -2.52. The Hall–Kier alpha value is -2.41. The summed E-state index contributed by atoms with van der Waals surface area (Å²) in [6.07, 6.45) is 2.93. The third kappa shape index (κ3) is 5.11. The van der Waals surface area contributed by atoms with Crippen LogP contribution < -0.4 is 0 Å². The van der Waals surface area contributed by atoms with E-state index < -0.39 is 11.7 Å². The van der Waals surface area contributed by atoms with Crippen molar-refractivity contribution in [3.63, 3.8) is 0 Å². The normalized spacial score (nSPS) is 31.0. The van der Waals surface area contributed by atoms with E-state index >= 15 is 0 Å². The first-order valence-corrected chi connectivity index (χ1v) is 12.2. The Labute approximate surface area is 204 Å². The van der Waals surface area contributed by atoms with Crippen LogP contribution in [0.4, 0.5) is 13.2 Å². The van der Waals surface area contributed by atoms with E-state index in [0.717, 1.165) is 37.0 Å². The summed E-state index contributed by atoms with van der Waals surface area (Å²) in [4.78, 5) is 24.7. The lowest BCUT2D eigenvalue weighted by atomic mass is 9.46. The van der Waals surface area contributed by atoms with Crippen LogP contribution in [0, 0.1) is 22.7 Å². The van der Waals surface area contributed by atoms with E-state index in [1.807, 2.05) is 13.0 Å². The Morgan fingerprint density at radius 2 is 1.86 bits per heavy atom. The molecule has 1 aromatic carbocycles. The first kappa shape index (κ1) is 25.7. The maximum absolute atomic E-state index is 12.8. The molecular formula is C28H33F3O4. The van der Waals surface area contributed by atoms with Gasteiger partial charge in [0.1, 0.15) is 6.61 Å². The zero-order valence-electron chi connectivity index (χ0n) is 20.5. The van der Waals surface area contributed by atoms with E-state index in [9.17, 15) is 22.8 Å². The summed E-state index contributed by atoms with van der Waals surface area (Å²) in [5.74, 6) is 0.158. The number of allylic oxidation sites excluding steroid dienone is 2. The van der Waals surface area contributed by atoms with Gasteiger partial charge in [-0.2, -0.15) is 13.2 Å². The highest BCUT2D eigenvalue weighted by molar-refractivity contribution is 5.92. The molecule has 3 aliphatic rings. The second kappa shape index (κ2) is 9.57. The minimum atomic E-state index is -4.36. The second-order valence-electron chi connectivity index (χ2n) is 10.7. The van der Waals surface area contributed by atoms with Crippen LogP contribution in [-0.4, -0.2) is 25.0 Å². The van der Waals surface area contributed by atoms with Crippen LogP contribution in [0.5, 0.6) is 0 Å². The van der Waals surface area contributed by atoms with Gasteiger partial charge in [-0.15, -0.1) is 0 Å². The van der Waals surface area contributed by atoms with Crippen LogP contribution in [0.3, 0.4) is 0 Å². The molecule has 4 nitrogen and oxygen atoms in total. The summed E-state index contributed by atoms with van der Waals surface area (Å²) in [6, 6.07) is 5.05. The van der Waals surface area contributed by atoms with Crippen molar-refractivity contribution in [2.24, 2.45) is 22.7 Å². The minimum absolute atomic E-state index is 0.0862. The van der Waals surface area contributed by atoms with E-state index in [-0.39, 0.29) is 41.0 Å². The topological polar surface area (TPSA) is 52.6 Å². The Kier molecular flexibility index (Phi) is 7.02. The van der Waals surface area contributed by atoms with Gasteiger partial charge in [0, 0.05) is 12.0 Å². The molecule has 0 amide bonds. The number of benzene rings is 1. The van der Waals surface area contributed by atoms with Crippen LogP contribution in [-0.2, 0) is 31.8 Å². The van der Waals surface area contributed by atoms with Gasteiger partial charge in [-0.3, -0.25) is 4.79 Å². The van der Waals surface area contributed by atoms with Crippen molar-refractivity contribution in [3.05, 3.63) is 58.7 Å². The van der Waals surface area contributed by atoms with E-state index in [0.29, 0.717) is 37.2 Å². The maximum Gasteiger partial charge on any atom is 0.416 e. The van der Waals surface area contributed by atoms with E-state index in [1.165, 1.54) is 12.1 Å². The van der Waals surface area contributed by atoms with Gasteiger partial charge >= 0.3 is 12.1 Å². The van der Waals surface area contributed by atoms with Gasteiger partial charge in [0.25, 0.3) is 0 Å². The number of fused-ring (bicyclic) bond motifs is 1. The number of rotatable bonds is 7. The molecule has 1 heterocycles. The zero-order chi connectivity index (χ0) is 25.4. The molecule has 7 heteroatoms. The standard InChI is InChI=1S/C28H33F3O4/c1-18-14-23(32)15-24-26(18,2)12-9-22(27(24,3)11-8-20-10-13-35-25(20)33)17-34-16-19-4-6-21(7-5-19)28(29,30)31/h4-7,10,14,22,24H,8-9,11-13,15-17H2,1-3H3/t22-,24+,26+,27+/m0/s1. The van der Waals surface area contributed by atoms with Gasteiger partial charge in [0.15, 0.2) is 5.78 Å². The lowest BCUT2D eigenvalue weighted by molar-refractivity contribution is -0.138. The highest BCUT2D eigenvalue weighted by atomic mass is 19.4. The lowest BCUT2D eigenvalue weighted by Gasteiger charge is -2.58. The molecular weight excluding hydrogens is 457 g/mol. The molecule has 1 fully saturated rings. The molecule has 4 rings (SSSR count). The molecule has 1 aromatic rings. The van der Waals surface area contributed by atoms with Crippen LogP contribution in [0.15, 0.2) is 47.6 Å². The fourth-order valence-electron chi connectivity index (χ4n) is 6.35. The summed E-state index contributed by atoms with van der Waals surface area (Å²) in [6.45, 7) is 7.49. The third-order valence-electron chi connectivity index (χ3n) is 8.80. The Morgan fingerprint density at radius 3 is 2.49 bits per heavy atom. The predicted octanol–water partition coefficient (Wildman–Crippen LogP) is 6.44. The summed E-state index contributed by atoms with van der Waals surface area (Å²) in [5, 5.41) is 0. The highest BCUT2D eigenvalue weighted by Gasteiger charge is 2.55. The maximum atomic E-state index is 12.8. The molecule has 0 unspecified atom stereocenters. The molecule has 0 bridgehead atoms. The average molecular weight is 491 g/mol. The molecule has 0 saturated heterocycles. The van der Waals surface area contributed by atoms with Crippen LogP contribution >= 0.6 is 0 Å². The van der Waals surface area contributed by atoms with Crippen LogP contribution in [0.1, 0.15) is 64.0 Å². The molecule has 0 N–H and O–H groups in total. The van der Waals surface area contributed by atoms with Gasteiger partial charge < -0.3 is 9.47 Å². The molecule has 1 aliphatic heterocycles. The quantitative estimate of drug-likeness (QED) is 0.413. The monoisotopic (exact) mass is 490 g/mol. The molecule has 0 aromatic heterocycles. The zero-order valence-corrected chi connectivity index (χ0v) is 20.5. The van der Waals surface area contributed by atoms with Crippen molar-refractivity contribution in [2.75, 3.05) is 13.2 Å². The number of halogens is 3. The number of carbonyl (C=O) groups excluding carboxylic acids is 2. The molecule has 4 atom stereocenters. The third-order valence-corrected chi connectivity index (χ3v) is 8.80. The smallest absolute Gasteiger partial charge is 0.416 e. The Bertz CT molecular complexity index is 1040. The number of alkyl halides is 3. The summed E-state index contributed by atoms with van der Waals surface area (Å²) in [5.41, 5.74) is 1.49. The van der Waals surface area contributed by atoms with Gasteiger partial charge in [-0.25, -0.2) is 4.79 Å². The van der Waals surface area contributed by atoms with Crippen molar-refractivity contribution >= 4 is 11.8 Å². The number of carbonyl (C=O) groups is 2.